The molecule has 4 saturated carbocycles. The van der Waals surface area contributed by atoms with Crippen LogP contribution in [-0.2, 0) is 14.3 Å². The van der Waals surface area contributed by atoms with Gasteiger partial charge in [0.15, 0.2) is 17.5 Å². The molecule has 6 fully saturated rings. The summed E-state index contributed by atoms with van der Waals surface area (Å²) in [6, 6.07) is 0. The molecule has 6 bridgehead atoms. The van der Waals surface area contributed by atoms with Gasteiger partial charge in [-0.15, -0.1) is 0 Å². The van der Waals surface area contributed by atoms with E-state index in [-0.39, 0.29) is 12.8 Å². The molecule has 11 atom stereocenters. The van der Waals surface area contributed by atoms with Crippen LogP contribution in [0.15, 0.2) is 0 Å². The number of carbonyl (C=O) groups excluding carboxylic acids is 1. The van der Waals surface area contributed by atoms with E-state index in [2.05, 4.69) is 0 Å². The summed E-state index contributed by atoms with van der Waals surface area (Å²) in [4.78, 5) is 12.1. The van der Waals surface area contributed by atoms with E-state index in [4.69, 9.17) is 9.47 Å². The minimum absolute atomic E-state index is 0.0887. The number of esters is 1. The Morgan fingerprint density at radius 1 is 1.13 bits per heavy atom. The smallest absolute Gasteiger partial charge is 0.303 e. The third kappa shape index (κ3) is 1.47. The summed E-state index contributed by atoms with van der Waals surface area (Å²) < 4.78 is 11.7. The van der Waals surface area contributed by atoms with Crippen LogP contribution < -0.4 is 0 Å². The number of aliphatic hydroxyl groups excluding tert-OH is 1. The maximum absolute atomic E-state index is 12.6. The molecule has 2 heterocycles. The maximum atomic E-state index is 12.6. The predicted molar refractivity (Wildman–Crippen MR) is 104 cm³/mol. The second kappa shape index (κ2) is 5.14. The SMILES string of the molecule is CC(=O)O[C@H]1[C@@]2(O)[C@@]3(C)C[C@]4(O)O[C@@]5([C@H](O)[C@@H](C)CC[C@]35O)[C@@]2(O)[C@]4(C)[C@@]1(O)C(C)C. The monoisotopic (exact) mass is 442 g/mol. The summed E-state index contributed by atoms with van der Waals surface area (Å²) in [7, 11) is 0. The Kier molecular flexibility index (Phi) is 3.65. The molecule has 6 N–H and O–H groups in total. The van der Waals surface area contributed by atoms with Crippen molar-refractivity contribution in [2.75, 3.05) is 0 Å². The molecule has 6 aliphatic rings. The van der Waals surface area contributed by atoms with Gasteiger partial charge in [-0.2, -0.15) is 0 Å². The fourth-order valence-electron chi connectivity index (χ4n) is 9.10. The van der Waals surface area contributed by atoms with Crippen molar-refractivity contribution < 1.29 is 44.9 Å². The van der Waals surface area contributed by atoms with E-state index < -0.39 is 74.6 Å². The lowest BCUT2D eigenvalue weighted by Gasteiger charge is -2.60. The molecule has 0 unspecified atom stereocenters. The first-order valence-electron chi connectivity index (χ1n) is 11.1. The Morgan fingerprint density at radius 2 is 1.71 bits per heavy atom. The minimum Gasteiger partial charge on any atom is -0.456 e. The standard InChI is InChI=1S/C22H34O9/c1-10(2)19(27)14(30-12(4)23)20(28)15(5)9-18(26)16(19,6)22(20,29)21(31-18)13(24)11(3)7-8-17(15,21)25/h10-11,13-14,24-29H,7-9H2,1-6H3/t11-,13+,14+,15-,16-,17-,18-,19+,20+,21+,22+/m0/s1. The molecular formula is C22H34O9. The van der Waals surface area contributed by atoms with Crippen molar-refractivity contribution in [3.8, 4) is 0 Å². The van der Waals surface area contributed by atoms with Crippen molar-refractivity contribution in [3.63, 3.8) is 0 Å². The van der Waals surface area contributed by atoms with Crippen molar-refractivity contribution in [1.82, 2.24) is 0 Å². The second-order valence-corrected chi connectivity index (χ2v) is 11.5. The zero-order valence-electron chi connectivity index (χ0n) is 18.8. The number of ether oxygens (including phenoxy) is 2. The van der Waals surface area contributed by atoms with Crippen molar-refractivity contribution in [2.24, 2.45) is 22.7 Å². The Hall–Kier alpha value is -0.810. The highest BCUT2D eigenvalue weighted by atomic mass is 16.7. The average Bonchev–Trinajstić information content (AvgIpc) is 2.89. The van der Waals surface area contributed by atoms with E-state index in [0.29, 0.717) is 6.42 Å². The van der Waals surface area contributed by atoms with Crippen LogP contribution in [0, 0.1) is 22.7 Å². The number of hydrogen-bond donors (Lipinski definition) is 6. The third-order valence-corrected chi connectivity index (χ3v) is 10.5. The topological polar surface area (TPSA) is 157 Å². The van der Waals surface area contributed by atoms with Gasteiger partial charge in [0.1, 0.15) is 22.4 Å². The average molecular weight is 443 g/mol. The number of rotatable bonds is 2. The first-order valence-corrected chi connectivity index (χ1v) is 11.1. The summed E-state index contributed by atoms with van der Waals surface area (Å²) in [5.41, 5.74) is -14.9. The van der Waals surface area contributed by atoms with Crippen LogP contribution in [0.25, 0.3) is 0 Å². The van der Waals surface area contributed by atoms with Crippen LogP contribution in [0.2, 0.25) is 0 Å². The number of carbonyl (C=O) groups is 1. The Labute approximate surface area is 181 Å². The highest BCUT2D eigenvalue weighted by molar-refractivity contribution is 5.68. The summed E-state index contributed by atoms with van der Waals surface area (Å²) in [5.74, 6) is -4.14. The van der Waals surface area contributed by atoms with Crippen LogP contribution in [-0.4, -0.2) is 82.6 Å². The number of hydrogen-bond acceptors (Lipinski definition) is 9. The van der Waals surface area contributed by atoms with Crippen LogP contribution in [0.5, 0.6) is 0 Å². The van der Waals surface area contributed by atoms with Crippen LogP contribution in [0.4, 0.5) is 0 Å². The van der Waals surface area contributed by atoms with Gasteiger partial charge in [0.2, 0.25) is 0 Å². The lowest BCUT2D eigenvalue weighted by molar-refractivity contribution is -0.390. The molecule has 0 radical (unpaired) electrons. The van der Waals surface area contributed by atoms with Gasteiger partial charge in [0, 0.05) is 18.8 Å². The molecule has 176 valence electrons. The van der Waals surface area contributed by atoms with Crippen molar-refractivity contribution in [2.45, 2.75) is 107 Å². The molecule has 31 heavy (non-hydrogen) atoms. The lowest BCUT2D eigenvalue weighted by Crippen LogP contribution is -2.75. The van der Waals surface area contributed by atoms with Crippen molar-refractivity contribution in [1.29, 1.82) is 0 Å². The molecule has 6 rings (SSSR count). The van der Waals surface area contributed by atoms with Gasteiger partial charge in [-0.05, 0) is 31.6 Å². The first-order chi connectivity index (χ1) is 13.9. The van der Waals surface area contributed by atoms with Gasteiger partial charge in [-0.3, -0.25) is 4.79 Å². The highest BCUT2D eigenvalue weighted by Crippen LogP contribution is 2.90. The molecule has 0 aromatic carbocycles. The van der Waals surface area contributed by atoms with E-state index in [1.165, 1.54) is 13.8 Å². The summed E-state index contributed by atoms with van der Waals surface area (Å²) in [6.45, 7) is 9.05. The Bertz CT molecular complexity index is 894. The zero-order valence-corrected chi connectivity index (χ0v) is 18.8. The second-order valence-electron chi connectivity index (χ2n) is 11.5. The molecule has 0 aromatic heterocycles. The van der Waals surface area contributed by atoms with Gasteiger partial charge in [0.05, 0.1) is 11.5 Å². The van der Waals surface area contributed by atoms with Gasteiger partial charge in [-0.1, -0.05) is 27.7 Å². The third-order valence-electron chi connectivity index (χ3n) is 10.5. The summed E-state index contributed by atoms with van der Waals surface area (Å²) in [5, 5.41) is 72.6. The van der Waals surface area contributed by atoms with E-state index in [9.17, 15) is 35.4 Å². The molecule has 0 amide bonds. The maximum Gasteiger partial charge on any atom is 0.303 e. The van der Waals surface area contributed by atoms with Crippen LogP contribution >= 0.6 is 0 Å². The molecule has 2 aliphatic heterocycles. The van der Waals surface area contributed by atoms with Crippen molar-refractivity contribution in [3.05, 3.63) is 0 Å². The van der Waals surface area contributed by atoms with E-state index >= 15 is 0 Å². The molecule has 9 nitrogen and oxygen atoms in total. The quantitative estimate of drug-likeness (QED) is 0.301. The van der Waals surface area contributed by atoms with E-state index in [0.717, 1.165) is 6.92 Å². The molecule has 4 aliphatic carbocycles. The molecule has 1 spiro atoms. The van der Waals surface area contributed by atoms with Crippen LogP contribution in [0.1, 0.15) is 60.8 Å². The molecule has 0 aromatic rings. The molecular weight excluding hydrogens is 408 g/mol. The van der Waals surface area contributed by atoms with Gasteiger partial charge in [0.25, 0.3) is 0 Å². The van der Waals surface area contributed by atoms with Crippen molar-refractivity contribution >= 4 is 5.97 Å². The Balaban J connectivity index is 1.96. The lowest BCUT2D eigenvalue weighted by atomic mass is 9.52. The largest absolute Gasteiger partial charge is 0.456 e. The Morgan fingerprint density at radius 3 is 2.23 bits per heavy atom. The van der Waals surface area contributed by atoms with E-state index in [1.54, 1.807) is 20.8 Å². The number of aliphatic hydroxyl groups is 6. The highest BCUT2D eigenvalue weighted by Gasteiger charge is 3.10. The minimum atomic E-state index is -2.53. The summed E-state index contributed by atoms with van der Waals surface area (Å²) in [6.07, 6.45) is -2.96. The van der Waals surface area contributed by atoms with Crippen LogP contribution in [0.3, 0.4) is 0 Å². The van der Waals surface area contributed by atoms with Gasteiger partial charge in [-0.25, -0.2) is 0 Å². The zero-order chi connectivity index (χ0) is 23.4. The molecule has 2 saturated heterocycles. The fourth-order valence-corrected chi connectivity index (χ4v) is 9.10. The van der Waals surface area contributed by atoms with E-state index in [1.807, 2.05) is 0 Å². The molecule has 9 heteroatoms. The summed E-state index contributed by atoms with van der Waals surface area (Å²) >= 11 is 0. The fraction of sp³-hybridized carbons (Fsp3) is 0.955. The van der Waals surface area contributed by atoms with Gasteiger partial charge < -0.3 is 40.1 Å². The normalized spacial score (nSPS) is 66.0. The predicted octanol–water partition coefficient (Wildman–Crippen LogP) is -0.810. The first kappa shape index (κ1) is 22.0. The van der Waals surface area contributed by atoms with Gasteiger partial charge >= 0.3 is 5.97 Å².